The molecular formula is C16H8F8O7S. The van der Waals surface area contributed by atoms with Crippen LogP contribution in [-0.2, 0) is 14.3 Å². The summed E-state index contributed by atoms with van der Waals surface area (Å²) in [5.74, 6) is -24.9. The molecule has 176 valence electrons. The van der Waals surface area contributed by atoms with Gasteiger partial charge in [0.1, 0.15) is 11.7 Å². The van der Waals surface area contributed by atoms with Crippen molar-refractivity contribution in [3.63, 3.8) is 0 Å². The molecular weight excluding hydrogens is 488 g/mol. The SMILES string of the molecule is COc1c(F)c(F)c(C(O)CO)c(C(=O)OS(=O)(=O)c2c(F)c(F)c(F)c(F)c2F)c1F. The van der Waals surface area contributed by atoms with Gasteiger partial charge in [-0.3, -0.25) is 0 Å². The van der Waals surface area contributed by atoms with Crippen LogP contribution in [0.5, 0.6) is 5.75 Å². The number of aliphatic hydroxyl groups is 2. The second-order valence-corrected chi connectivity index (χ2v) is 7.17. The van der Waals surface area contributed by atoms with E-state index in [4.69, 9.17) is 5.11 Å². The predicted molar refractivity (Wildman–Crippen MR) is 83.7 cm³/mol. The smallest absolute Gasteiger partial charge is 0.357 e. The van der Waals surface area contributed by atoms with Gasteiger partial charge >= 0.3 is 16.1 Å². The minimum atomic E-state index is -6.25. The zero-order valence-corrected chi connectivity index (χ0v) is 16.0. The monoisotopic (exact) mass is 496 g/mol. The van der Waals surface area contributed by atoms with E-state index in [1.54, 1.807) is 0 Å². The molecule has 16 heteroatoms. The van der Waals surface area contributed by atoms with Crippen molar-refractivity contribution < 1.29 is 67.5 Å². The van der Waals surface area contributed by atoms with Crippen LogP contribution in [0.1, 0.15) is 22.0 Å². The van der Waals surface area contributed by atoms with Crippen LogP contribution in [0.3, 0.4) is 0 Å². The van der Waals surface area contributed by atoms with Gasteiger partial charge in [-0.15, -0.1) is 0 Å². The van der Waals surface area contributed by atoms with E-state index in [0.29, 0.717) is 7.11 Å². The van der Waals surface area contributed by atoms with Crippen molar-refractivity contribution in [3.8, 4) is 5.75 Å². The molecule has 0 amide bonds. The Bertz CT molecular complexity index is 1190. The largest absolute Gasteiger partial charge is 0.491 e. The summed E-state index contributed by atoms with van der Waals surface area (Å²) in [5.41, 5.74) is -3.62. The molecule has 0 bridgehead atoms. The first-order chi connectivity index (χ1) is 14.7. The lowest BCUT2D eigenvalue weighted by Crippen LogP contribution is -2.23. The minimum absolute atomic E-state index is 0.573. The number of aliphatic hydroxyl groups excluding tert-OH is 2. The van der Waals surface area contributed by atoms with Crippen LogP contribution in [0.15, 0.2) is 4.90 Å². The molecule has 0 heterocycles. The molecule has 0 aliphatic rings. The van der Waals surface area contributed by atoms with E-state index in [2.05, 4.69) is 8.92 Å². The van der Waals surface area contributed by atoms with Gasteiger partial charge in [0.25, 0.3) is 0 Å². The van der Waals surface area contributed by atoms with Crippen LogP contribution in [0.2, 0.25) is 0 Å². The molecule has 0 radical (unpaired) electrons. The lowest BCUT2D eigenvalue weighted by molar-refractivity contribution is 0.0702. The zero-order chi connectivity index (χ0) is 24.7. The maximum absolute atomic E-state index is 14.5. The van der Waals surface area contributed by atoms with E-state index in [0.717, 1.165) is 0 Å². The van der Waals surface area contributed by atoms with Crippen molar-refractivity contribution in [1.82, 2.24) is 0 Å². The molecule has 0 aliphatic heterocycles. The van der Waals surface area contributed by atoms with E-state index < -0.39 is 97.1 Å². The van der Waals surface area contributed by atoms with E-state index >= 15 is 0 Å². The van der Waals surface area contributed by atoms with E-state index in [1.165, 1.54) is 0 Å². The van der Waals surface area contributed by atoms with E-state index in [1.807, 2.05) is 0 Å². The fourth-order valence-corrected chi connectivity index (χ4v) is 3.41. The average molecular weight is 496 g/mol. The third-order valence-corrected chi connectivity index (χ3v) is 5.07. The molecule has 7 nitrogen and oxygen atoms in total. The number of methoxy groups -OCH3 is 1. The number of ether oxygens (including phenoxy) is 1. The van der Waals surface area contributed by atoms with Crippen molar-refractivity contribution in [3.05, 3.63) is 57.7 Å². The van der Waals surface area contributed by atoms with Gasteiger partial charge in [-0.25, -0.2) is 35.5 Å². The molecule has 0 spiro atoms. The lowest BCUT2D eigenvalue weighted by Gasteiger charge is -2.17. The first-order valence-electron chi connectivity index (χ1n) is 7.76. The first kappa shape index (κ1) is 25.3. The highest BCUT2D eigenvalue weighted by Crippen LogP contribution is 2.35. The summed E-state index contributed by atoms with van der Waals surface area (Å²) in [7, 11) is -5.68. The number of halogens is 8. The molecule has 2 aromatic carbocycles. The summed E-state index contributed by atoms with van der Waals surface area (Å²) in [4.78, 5) is 9.55. The quantitative estimate of drug-likeness (QED) is 0.274. The van der Waals surface area contributed by atoms with Crippen LogP contribution in [0, 0.1) is 46.5 Å². The van der Waals surface area contributed by atoms with Gasteiger partial charge in [-0.05, 0) is 0 Å². The number of benzene rings is 2. The number of carbonyl (C=O) groups excluding carboxylic acids is 1. The number of rotatable bonds is 6. The second-order valence-electron chi connectivity index (χ2n) is 5.69. The Labute approximate surface area is 172 Å². The number of carbonyl (C=O) groups is 1. The standard InChI is InChI=1S/C16H8F8O7S/c1-30-14-7(18)5(4(3(26)2-25)6(17)11(14)22)16(27)31-32(28,29)15-12(23)9(20)8(19)10(21)13(15)24/h3,25-26H,2H2,1H3. The molecule has 1 atom stereocenters. The molecule has 0 fully saturated rings. The van der Waals surface area contributed by atoms with Crippen LogP contribution >= 0.6 is 0 Å². The van der Waals surface area contributed by atoms with Gasteiger partial charge in [0, 0.05) is 5.56 Å². The van der Waals surface area contributed by atoms with Gasteiger partial charge in [0.15, 0.2) is 45.5 Å². The molecule has 32 heavy (non-hydrogen) atoms. The highest BCUT2D eigenvalue weighted by molar-refractivity contribution is 7.87. The summed E-state index contributed by atoms with van der Waals surface area (Å²) in [6, 6.07) is 0. The van der Waals surface area contributed by atoms with Crippen LogP contribution in [0.4, 0.5) is 35.1 Å². The number of hydrogen-bond donors (Lipinski definition) is 2. The maximum Gasteiger partial charge on any atom is 0.357 e. The van der Waals surface area contributed by atoms with Gasteiger partial charge < -0.3 is 19.1 Å². The van der Waals surface area contributed by atoms with Gasteiger partial charge in [-0.2, -0.15) is 12.8 Å². The zero-order valence-electron chi connectivity index (χ0n) is 15.2. The fraction of sp³-hybridized carbons (Fsp3) is 0.188. The van der Waals surface area contributed by atoms with Crippen molar-refractivity contribution >= 4 is 16.1 Å². The lowest BCUT2D eigenvalue weighted by atomic mass is 10.00. The van der Waals surface area contributed by atoms with E-state index in [9.17, 15) is 53.4 Å². The van der Waals surface area contributed by atoms with Crippen molar-refractivity contribution in [1.29, 1.82) is 0 Å². The molecule has 1 unspecified atom stereocenters. The normalized spacial score (nSPS) is 12.6. The third-order valence-electron chi connectivity index (χ3n) is 3.84. The molecule has 2 rings (SSSR count). The molecule has 0 saturated heterocycles. The van der Waals surface area contributed by atoms with Gasteiger partial charge in [0.05, 0.1) is 13.7 Å². The Balaban J connectivity index is 2.75. The topological polar surface area (TPSA) is 110 Å². The summed E-state index contributed by atoms with van der Waals surface area (Å²) in [6.45, 7) is -1.48. The average Bonchev–Trinajstić information content (AvgIpc) is 2.72. The Morgan fingerprint density at radius 2 is 1.31 bits per heavy atom. The Morgan fingerprint density at radius 1 is 0.844 bits per heavy atom. The minimum Gasteiger partial charge on any atom is -0.491 e. The predicted octanol–water partition coefficient (Wildman–Crippen LogP) is 2.38. The highest BCUT2D eigenvalue weighted by Gasteiger charge is 2.39. The molecule has 0 saturated carbocycles. The Hall–Kier alpha value is -2.98. The fourth-order valence-electron chi connectivity index (χ4n) is 2.43. The second kappa shape index (κ2) is 8.87. The third kappa shape index (κ3) is 3.95. The Morgan fingerprint density at radius 3 is 1.75 bits per heavy atom. The maximum atomic E-state index is 14.5. The molecule has 2 N–H and O–H groups in total. The van der Waals surface area contributed by atoms with Crippen molar-refractivity contribution in [2.24, 2.45) is 0 Å². The Kier molecular flexibility index (Phi) is 7.01. The number of hydrogen-bond acceptors (Lipinski definition) is 7. The van der Waals surface area contributed by atoms with Crippen LogP contribution < -0.4 is 4.74 Å². The summed E-state index contributed by atoms with van der Waals surface area (Å²) < 4.78 is 142. The summed E-state index contributed by atoms with van der Waals surface area (Å²) >= 11 is 0. The summed E-state index contributed by atoms with van der Waals surface area (Å²) in [6.07, 6.45) is -2.57. The first-order valence-corrected chi connectivity index (χ1v) is 9.17. The van der Waals surface area contributed by atoms with Crippen LogP contribution in [-0.4, -0.2) is 38.3 Å². The molecule has 0 aromatic heterocycles. The van der Waals surface area contributed by atoms with Crippen molar-refractivity contribution in [2.75, 3.05) is 13.7 Å². The van der Waals surface area contributed by atoms with Gasteiger partial charge in [-0.1, -0.05) is 0 Å². The highest BCUT2D eigenvalue weighted by atomic mass is 32.2. The van der Waals surface area contributed by atoms with Crippen molar-refractivity contribution in [2.45, 2.75) is 11.0 Å². The molecule has 2 aromatic rings. The van der Waals surface area contributed by atoms with E-state index in [-0.39, 0.29) is 0 Å². The van der Waals surface area contributed by atoms with Crippen LogP contribution in [0.25, 0.3) is 0 Å². The summed E-state index contributed by atoms with van der Waals surface area (Å²) in [5, 5.41) is 18.5. The molecule has 0 aliphatic carbocycles. The van der Waals surface area contributed by atoms with Gasteiger partial charge in [0.2, 0.25) is 11.6 Å².